The van der Waals surface area contributed by atoms with E-state index in [1.54, 1.807) is 29.7 Å². The number of aromatic nitrogens is 1. The van der Waals surface area contributed by atoms with Gasteiger partial charge in [0.2, 0.25) is 0 Å². The minimum absolute atomic E-state index is 0.264. The lowest BCUT2D eigenvalue weighted by molar-refractivity contribution is 0.0366. The lowest BCUT2D eigenvalue weighted by atomic mass is 9.91. The molecule has 1 aromatic carbocycles. The van der Waals surface area contributed by atoms with Crippen molar-refractivity contribution in [3.8, 4) is 11.1 Å². The number of amides is 2. The summed E-state index contributed by atoms with van der Waals surface area (Å²) in [5, 5.41) is 9.70. The second kappa shape index (κ2) is 8.16. The molecule has 2 saturated heterocycles. The van der Waals surface area contributed by atoms with Crippen LogP contribution in [0, 0.1) is 0 Å². The maximum Gasteiger partial charge on any atom is 0.407 e. The molecule has 0 bridgehead atoms. The van der Waals surface area contributed by atoms with Crippen LogP contribution in [0.25, 0.3) is 11.1 Å². The van der Waals surface area contributed by atoms with Gasteiger partial charge in [0, 0.05) is 32.1 Å². The van der Waals surface area contributed by atoms with Gasteiger partial charge in [-0.3, -0.25) is 4.79 Å². The maximum atomic E-state index is 12.8. The molecule has 0 atom stereocenters. The lowest BCUT2D eigenvalue weighted by Crippen LogP contribution is -2.46. The molecule has 2 aliphatic heterocycles. The molecule has 3 aromatic rings. The van der Waals surface area contributed by atoms with E-state index in [9.17, 15) is 9.59 Å². The number of hydrogen-bond acceptors (Lipinski definition) is 7. The van der Waals surface area contributed by atoms with Crippen molar-refractivity contribution < 1.29 is 14.3 Å². The van der Waals surface area contributed by atoms with Crippen LogP contribution in [-0.4, -0.2) is 42.2 Å². The van der Waals surface area contributed by atoms with Crippen LogP contribution in [0.4, 0.5) is 22.0 Å². The van der Waals surface area contributed by atoms with E-state index >= 15 is 0 Å². The highest BCUT2D eigenvalue weighted by molar-refractivity contribution is 7.08. The summed E-state index contributed by atoms with van der Waals surface area (Å²) in [7, 11) is 0. The summed E-state index contributed by atoms with van der Waals surface area (Å²) in [6.45, 7) is 2.03. The Morgan fingerprint density at radius 1 is 1.19 bits per heavy atom. The molecular formula is C23H23N5O3S. The van der Waals surface area contributed by atoms with Crippen LogP contribution in [0.1, 0.15) is 23.2 Å². The number of nitrogens with zero attached hydrogens (tertiary/aromatic N) is 2. The monoisotopic (exact) mass is 449 g/mol. The first-order valence-corrected chi connectivity index (χ1v) is 11.4. The molecule has 8 nitrogen and oxygen atoms in total. The third-order valence-electron chi connectivity index (χ3n) is 6.03. The summed E-state index contributed by atoms with van der Waals surface area (Å²) in [4.78, 5) is 30.8. The predicted octanol–water partition coefficient (Wildman–Crippen LogP) is 3.72. The number of pyridine rings is 1. The number of benzene rings is 1. The van der Waals surface area contributed by atoms with E-state index in [-0.39, 0.29) is 12.0 Å². The van der Waals surface area contributed by atoms with Crippen LogP contribution in [0.2, 0.25) is 0 Å². The molecule has 1 spiro atoms. The van der Waals surface area contributed by atoms with E-state index in [1.165, 1.54) is 0 Å². The van der Waals surface area contributed by atoms with Gasteiger partial charge in [-0.25, -0.2) is 9.78 Å². The number of thiophene rings is 1. The number of nitrogens with one attached hydrogen (secondary N) is 2. The van der Waals surface area contributed by atoms with Crippen molar-refractivity contribution in [2.24, 2.45) is 0 Å². The molecule has 9 heteroatoms. The Hall–Kier alpha value is -3.59. The molecule has 4 N–H and O–H groups in total. The predicted molar refractivity (Wildman–Crippen MR) is 125 cm³/mol. The molecule has 2 aliphatic rings. The second-order valence-corrected chi connectivity index (χ2v) is 8.87. The smallest absolute Gasteiger partial charge is 0.407 e. The second-order valence-electron chi connectivity index (χ2n) is 8.09. The quantitative estimate of drug-likeness (QED) is 0.524. The molecule has 2 aromatic heterocycles. The molecule has 164 valence electrons. The van der Waals surface area contributed by atoms with Crippen molar-refractivity contribution in [1.29, 1.82) is 0 Å². The Bertz CT molecular complexity index is 1140. The van der Waals surface area contributed by atoms with Crippen LogP contribution in [0.15, 0.2) is 53.4 Å². The Morgan fingerprint density at radius 2 is 2.03 bits per heavy atom. The maximum absolute atomic E-state index is 12.8. The minimum Gasteiger partial charge on any atom is -0.441 e. The van der Waals surface area contributed by atoms with E-state index in [2.05, 4.69) is 25.9 Å². The number of carbonyl (C=O) groups is 2. The van der Waals surface area contributed by atoms with Gasteiger partial charge < -0.3 is 26.0 Å². The zero-order valence-corrected chi connectivity index (χ0v) is 18.2. The summed E-state index contributed by atoms with van der Waals surface area (Å²) in [6.07, 6.45) is 2.73. The number of ether oxygens (including phenoxy) is 1. The number of rotatable bonds is 4. The first-order valence-electron chi connectivity index (χ1n) is 10.4. The number of piperidine rings is 1. The van der Waals surface area contributed by atoms with Crippen molar-refractivity contribution >= 4 is 40.5 Å². The Labute approximate surface area is 189 Å². The highest BCUT2D eigenvalue weighted by atomic mass is 32.1. The van der Waals surface area contributed by atoms with Gasteiger partial charge >= 0.3 is 6.09 Å². The summed E-state index contributed by atoms with van der Waals surface area (Å²) >= 11 is 1.62. The molecule has 4 heterocycles. The Morgan fingerprint density at radius 3 is 2.69 bits per heavy atom. The zero-order valence-electron chi connectivity index (χ0n) is 17.3. The highest BCUT2D eigenvalue weighted by Crippen LogP contribution is 2.31. The Kier molecular flexibility index (Phi) is 5.18. The molecular weight excluding hydrogens is 426 g/mol. The van der Waals surface area contributed by atoms with E-state index < -0.39 is 5.60 Å². The number of alkyl carbamates (subject to hydrolysis) is 1. The van der Waals surface area contributed by atoms with Crippen LogP contribution in [0.3, 0.4) is 0 Å². The molecule has 2 fully saturated rings. The first kappa shape index (κ1) is 20.3. The number of hydrogen-bond donors (Lipinski definition) is 3. The van der Waals surface area contributed by atoms with Crippen molar-refractivity contribution in [3.63, 3.8) is 0 Å². The summed E-state index contributed by atoms with van der Waals surface area (Å²) in [5.41, 5.74) is 9.30. The zero-order chi connectivity index (χ0) is 22.1. The average molecular weight is 450 g/mol. The minimum atomic E-state index is -0.398. The fraction of sp³-hybridized carbons (Fsp3) is 0.261. The number of anilines is 3. The first-order chi connectivity index (χ1) is 15.5. The third kappa shape index (κ3) is 3.99. The molecule has 2 amide bonds. The lowest BCUT2D eigenvalue weighted by Gasteiger charge is -2.37. The van der Waals surface area contributed by atoms with Gasteiger partial charge in [0.15, 0.2) is 0 Å². The largest absolute Gasteiger partial charge is 0.441 e. The van der Waals surface area contributed by atoms with Gasteiger partial charge in [-0.1, -0.05) is 6.07 Å². The SMILES string of the molecule is Nc1ccc(-c2ccsc2)cc1NC(=O)c1ccc(N2CCC3(CC2)CNC(=O)O3)nc1. The Balaban J connectivity index is 1.24. The number of nitrogen functional groups attached to an aromatic ring is 1. The topological polar surface area (TPSA) is 110 Å². The molecule has 0 radical (unpaired) electrons. The molecule has 0 unspecified atom stereocenters. The fourth-order valence-corrected chi connectivity index (χ4v) is 4.76. The summed E-state index contributed by atoms with van der Waals surface area (Å²) < 4.78 is 5.46. The molecule has 0 aliphatic carbocycles. The standard InChI is InChI=1S/C23H23N5O3S/c24-18-3-1-15(17-5-10-32-13-17)11-19(18)27-21(29)16-2-4-20(25-12-16)28-8-6-23(7-9-28)14-26-22(30)31-23/h1-5,10-13H,6-9,14,24H2,(H,26,30)(H,27,29). The van der Waals surface area contributed by atoms with Gasteiger partial charge in [0.1, 0.15) is 11.4 Å². The normalized spacial score (nSPS) is 17.1. The van der Waals surface area contributed by atoms with Crippen LogP contribution in [-0.2, 0) is 4.74 Å². The molecule has 0 saturated carbocycles. The van der Waals surface area contributed by atoms with Gasteiger partial charge in [-0.2, -0.15) is 11.3 Å². The van der Waals surface area contributed by atoms with Crippen LogP contribution >= 0.6 is 11.3 Å². The van der Waals surface area contributed by atoms with E-state index in [0.29, 0.717) is 23.5 Å². The third-order valence-corrected chi connectivity index (χ3v) is 6.71. The van der Waals surface area contributed by atoms with Gasteiger partial charge in [0.05, 0.1) is 23.5 Å². The van der Waals surface area contributed by atoms with Crippen molar-refractivity contribution in [3.05, 3.63) is 58.9 Å². The van der Waals surface area contributed by atoms with Crippen LogP contribution < -0.4 is 21.3 Å². The van der Waals surface area contributed by atoms with Gasteiger partial charge in [-0.05, 0) is 52.2 Å². The van der Waals surface area contributed by atoms with E-state index in [4.69, 9.17) is 10.5 Å². The van der Waals surface area contributed by atoms with Crippen LogP contribution in [0.5, 0.6) is 0 Å². The fourth-order valence-electron chi connectivity index (χ4n) is 4.10. The van der Waals surface area contributed by atoms with E-state index in [0.717, 1.165) is 42.9 Å². The molecule has 5 rings (SSSR count). The summed E-state index contributed by atoms with van der Waals surface area (Å²) in [5.74, 6) is 0.535. The highest BCUT2D eigenvalue weighted by Gasteiger charge is 2.43. The average Bonchev–Trinajstić information content (AvgIpc) is 3.46. The molecule has 32 heavy (non-hydrogen) atoms. The number of carbonyl (C=O) groups excluding carboxylic acids is 2. The summed E-state index contributed by atoms with van der Waals surface area (Å²) in [6, 6.07) is 11.2. The number of nitrogens with two attached hydrogens (primary N) is 1. The van der Waals surface area contributed by atoms with Crippen molar-refractivity contribution in [2.45, 2.75) is 18.4 Å². The van der Waals surface area contributed by atoms with Gasteiger partial charge in [0.25, 0.3) is 5.91 Å². The van der Waals surface area contributed by atoms with Crippen molar-refractivity contribution in [2.75, 3.05) is 35.6 Å². The van der Waals surface area contributed by atoms with Crippen molar-refractivity contribution in [1.82, 2.24) is 10.3 Å². The van der Waals surface area contributed by atoms with Gasteiger partial charge in [-0.15, -0.1) is 0 Å². The van der Waals surface area contributed by atoms with E-state index in [1.807, 2.05) is 29.6 Å².